The third kappa shape index (κ3) is 3.70. The Labute approximate surface area is 122 Å². The molecule has 0 saturated heterocycles. The number of aryl methyl sites for hydroxylation is 1. The molecular weight excluding hydrogens is 246 g/mol. The van der Waals surface area contributed by atoms with Crippen molar-refractivity contribution in [3.05, 3.63) is 48.3 Å². The molecule has 20 heavy (non-hydrogen) atoms. The van der Waals surface area contributed by atoms with Crippen LogP contribution in [-0.4, -0.2) is 22.4 Å². The van der Waals surface area contributed by atoms with Crippen molar-refractivity contribution < 1.29 is 0 Å². The molecule has 0 amide bonds. The molecule has 0 saturated carbocycles. The number of aromatic nitrogens is 2. The minimum atomic E-state index is 0.569. The van der Waals surface area contributed by atoms with Crippen LogP contribution in [0, 0.1) is 5.92 Å². The maximum atomic E-state index is 4.45. The van der Waals surface area contributed by atoms with Gasteiger partial charge in [0.2, 0.25) is 0 Å². The summed E-state index contributed by atoms with van der Waals surface area (Å²) >= 11 is 0. The first-order valence-electron chi connectivity index (χ1n) is 7.54. The van der Waals surface area contributed by atoms with Crippen LogP contribution in [0.5, 0.6) is 0 Å². The van der Waals surface area contributed by atoms with Crippen molar-refractivity contribution in [2.75, 3.05) is 6.54 Å². The van der Waals surface area contributed by atoms with E-state index in [0.29, 0.717) is 12.0 Å². The molecule has 2 rings (SSSR count). The molecule has 3 nitrogen and oxygen atoms in total. The standard InChI is InChI=1S/C17H25N3/c1-4-18-17(14(2)3)11-10-16-12-13-19-20(16)15-8-6-5-7-9-15/h5-9,12-14,17-18H,4,10-11H2,1-3H3. The number of hydrogen-bond acceptors (Lipinski definition) is 2. The molecule has 1 atom stereocenters. The lowest BCUT2D eigenvalue weighted by atomic mass is 9.98. The van der Waals surface area contributed by atoms with Crippen LogP contribution in [0.25, 0.3) is 5.69 Å². The molecule has 1 aromatic heterocycles. The van der Waals surface area contributed by atoms with Gasteiger partial charge in [0, 0.05) is 17.9 Å². The van der Waals surface area contributed by atoms with Crippen LogP contribution in [0.15, 0.2) is 42.6 Å². The van der Waals surface area contributed by atoms with Crippen molar-refractivity contribution >= 4 is 0 Å². The molecule has 0 fully saturated rings. The maximum absolute atomic E-state index is 4.45. The molecule has 2 aromatic rings. The fraction of sp³-hybridized carbons (Fsp3) is 0.471. The van der Waals surface area contributed by atoms with Crippen LogP contribution in [0.2, 0.25) is 0 Å². The van der Waals surface area contributed by atoms with E-state index >= 15 is 0 Å². The minimum Gasteiger partial charge on any atom is -0.314 e. The van der Waals surface area contributed by atoms with Gasteiger partial charge in [-0.15, -0.1) is 0 Å². The highest BCUT2D eigenvalue weighted by atomic mass is 15.3. The van der Waals surface area contributed by atoms with Gasteiger partial charge in [-0.05, 0) is 43.5 Å². The Kier molecular flexibility index (Phi) is 5.36. The second kappa shape index (κ2) is 7.25. The van der Waals surface area contributed by atoms with Gasteiger partial charge in [-0.25, -0.2) is 4.68 Å². The number of para-hydroxylation sites is 1. The fourth-order valence-electron chi connectivity index (χ4n) is 2.56. The first-order chi connectivity index (χ1) is 9.72. The first kappa shape index (κ1) is 14.8. The SMILES string of the molecule is CCNC(CCc1ccnn1-c1ccccc1)C(C)C. The van der Waals surface area contributed by atoms with E-state index in [1.807, 2.05) is 16.9 Å². The van der Waals surface area contributed by atoms with Gasteiger partial charge in [0.15, 0.2) is 0 Å². The molecule has 108 valence electrons. The highest BCUT2D eigenvalue weighted by Gasteiger charge is 2.13. The van der Waals surface area contributed by atoms with E-state index in [2.05, 4.69) is 61.5 Å². The van der Waals surface area contributed by atoms with Crippen molar-refractivity contribution in [1.82, 2.24) is 15.1 Å². The Morgan fingerprint density at radius 1 is 1.15 bits per heavy atom. The second-order valence-corrected chi connectivity index (χ2v) is 5.52. The van der Waals surface area contributed by atoms with Gasteiger partial charge in [0.1, 0.15) is 0 Å². The predicted molar refractivity (Wildman–Crippen MR) is 84.2 cm³/mol. The average Bonchev–Trinajstić information content (AvgIpc) is 2.92. The van der Waals surface area contributed by atoms with E-state index in [4.69, 9.17) is 0 Å². The molecule has 0 radical (unpaired) electrons. The monoisotopic (exact) mass is 271 g/mol. The molecule has 0 spiro atoms. The summed E-state index contributed by atoms with van der Waals surface area (Å²) < 4.78 is 2.04. The largest absolute Gasteiger partial charge is 0.314 e. The number of rotatable bonds is 7. The van der Waals surface area contributed by atoms with Crippen molar-refractivity contribution in [2.45, 2.75) is 39.7 Å². The predicted octanol–water partition coefficient (Wildman–Crippen LogP) is 3.44. The highest BCUT2D eigenvalue weighted by molar-refractivity contribution is 5.32. The summed E-state index contributed by atoms with van der Waals surface area (Å²) in [6.45, 7) is 7.76. The van der Waals surface area contributed by atoms with E-state index in [1.54, 1.807) is 0 Å². The molecule has 0 bridgehead atoms. The number of benzene rings is 1. The van der Waals surface area contributed by atoms with E-state index in [1.165, 1.54) is 5.69 Å². The Balaban J connectivity index is 2.06. The van der Waals surface area contributed by atoms with Gasteiger partial charge in [0.05, 0.1) is 5.69 Å². The molecule has 0 aliphatic heterocycles. The molecule has 0 aliphatic rings. The van der Waals surface area contributed by atoms with Crippen molar-refractivity contribution in [3.63, 3.8) is 0 Å². The van der Waals surface area contributed by atoms with Gasteiger partial charge in [-0.1, -0.05) is 39.0 Å². The van der Waals surface area contributed by atoms with Crippen LogP contribution in [0.3, 0.4) is 0 Å². The summed E-state index contributed by atoms with van der Waals surface area (Å²) in [5.74, 6) is 0.656. The zero-order chi connectivity index (χ0) is 14.4. The van der Waals surface area contributed by atoms with E-state index in [0.717, 1.165) is 25.1 Å². The van der Waals surface area contributed by atoms with E-state index in [9.17, 15) is 0 Å². The van der Waals surface area contributed by atoms with Gasteiger partial charge in [0.25, 0.3) is 0 Å². The molecule has 1 N–H and O–H groups in total. The third-order valence-electron chi connectivity index (χ3n) is 3.70. The molecule has 1 aromatic carbocycles. The van der Waals surface area contributed by atoms with E-state index < -0.39 is 0 Å². The van der Waals surface area contributed by atoms with Crippen molar-refractivity contribution in [1.29, 1.82) is 0 Å². The van der Waals surface area contributed by atoms with Crippen LogP contribution < -0.4 is 5.32 Å². The van der Waals surface area contributed by atoms with Crippen LogP contribution in [-0.2, 0) is 6.42 Å². The average molecular weight is 271 g/mol. The normalized spacial score (nSPS) is 12.8. The summed E-state index contributed by atoms with van der Waals surface area (Å²) in [6, 6.07) is 13.0. The summed E-state index contributed by atoms with van der Waals surface area (Å²) in [4.78, 5) is 0. The molecule has 1 unspecified atom stereocenters. The lowest BCUT2D eigenvalue weighted by molar-refractivity contribution is 0.383. The smallest absolute Gasteiger partial charge is 0.0648 e. The number of nitrogens with one attached hydrogen (secondary N) is 1. The summed E-state index contributed by atoms with van der Waals surface area (Å²) in [7, 11) is 0. The molecule has 1 heterocycles. The zero-order valence-corrected chi connectivity index (χ0v) is 12.7. The van der Waals surface area contributed by atoms with Gasteiger partial charge >= 0.3 is 0 Å². The molecular formula is C17H25N3. The lowest BCUT2D eigenvalue weighted by Gasteiger charge is -2.21. The summed E-state index contributed by atoms with van der Waals surface area (Å²) in [5.41, 5.74) is 2.41. The van der Waals surface area contributed by atoms with Gasteiger partial charge in [-0.3, -0.25) is 0 Å². The first-order valence-corrected chi connectivity index (χ1v) is 7.54. The van der Waals surface area contributed by atoms with Crippen molar-refractivity contribution in [3.8, 4) is 5.69 Å². The second-order valence-electron chi connectivity index (χ2n) is 5.52. The number of hydrogen-bond donors (Lipinski definition) is 1. The summed E-state index contributed by atoms with van der Waals surface area (Å²) in [6.07, 6.45) is 4.08. The summed E-state index contributed by atoms with van der Waals surface area (Å²) in [5, 5.41) is 8.03. The topological polar surface area (TPSA) is 29.9 Å². The minimum absolute atomic E-state index is 0.569. The Bertz CT molecular complexity index is 502. The maximum Gasteiger partial charge on any atom is 0.0648 e. The van der Waals surface area contributed by atoms with Crippen LogP contribution in [0.1, 0.15) is 32.9 Å². The lowest BCUT2D eigenvalue weighted by Crippen LogP contribution is -2.34. The van der Waals surface area contributed by atoms with Crippen LogP contribution >= 0.6 is 0 Å². The van der Waals surface area contributed by atoms with E-state index in [-0.39, 0.29) is 0 Å². The Morgan fingerprint density at radius 3 is 2.55 bits per heavy atom. The quantitative estimate of drug-likeness (QED) is 0.836. The molecule has 0 aliphatic carbocycles. The number of nitrogens with zero attached hydrogens (tertiary/aromatic N) is 2. The van der Waals surface area contributed by atoms with Crippen molar-refractivity contribution in [2.24, 2.45) is 5.92 Å². The van der Waals surface area contributed by atoms with Gasteiger partial charge in [-0.2, -0.15) is 5.10 Å². The third-order valence-corrected chi connectivity index (χ3v) is 3.70. The fourth-order valence-corrected chi connectivity index (χ4v) is 2.56. The van der Waals surface area contributed by atoms with Crippen LogP contribution in [0.4, 0.5) is 0 Å². The molecule has 3 heteroatoms. The Hall–Kier alpha value is -1.61. The Morgan fingerprint density at radius 2 is 1.90 bits per heavy atom. The highest BCUT2D eigenvalue weighted by Crippen LogP contribution is 2.14. The zero-order valence-electron chi connectivity index (χ0n) is 12.7. The van der Waals surface area contributed by atoms with Gasteiger partial charge < -0.3 is 5.32 Å².